The molecule has 0 radical (unpaired) electrons. The lowest BCUT2D eigenvalue weighted by Crippen LogP contribution is -2.41. The highest BCUT2D eigenvalue weighted by Gasteiger charge is 2.13. The Balaban J connectivity index is 1.36. The SMILES string of the molecule is CCc1noc(CCCC(=O)NNC(=O)c2ccc(COc3ccccc3)o2)n1. The van der Waals surface area contributed by atoms with Gasteiger partial charge in [0.2, 0.25) is 11.8 Å². The van der Waals surface area contributed by atoms with Crippen molar-refractivity contribution in [2.75, 3.05) is 0 Å². The fraction of sp³-hybridized carbons (Fsp3) is 0.300. The quantitative estimate of drug-likeness (QED) is 0.532. The van der Waals surface area contributed by atoms with Gasteiger partial charge in [-0.2, -0.15) is 4.98 Å². The van der Waals surface area contributed by atoms with E-state index in [-0.39, 0.29) is 24.7 Å². The second kappa shape index (κ2) is 10.1. The first-order chi connectivity index (χ1) is 14.1. The van der Waals surface area contributed by atoms with E-state index in [2.05, 4.69) is 21.0 Å². The van der Waals surface area contributed by atoms with Crippen LogP contribution in [0.25, 0.3) is 0 Å². The van der Waals surface area contributed by atoms with Gasteiger partial charge in [-0.05, 0) is 30.7 Å². The summed E-state index contributed by atoms with van der Waals surface area (Å²) in [6.07, 6.45) is 1.92. The lowest BCUT2D eigenvalue weighted by molar-refractivity contribution is -0.121. The largest absolute Gasteiger partial charge is 0.486 e. The van der Waals surface area contributed by atoms with E-state index in [1.54, 1.807) is 6.07 Å². The Morgan fingerprint density at radius 3 is 2.69 bits per heavy atom. The zero-order chi connectivity index (χ0) is 20.5. The number of rotatable bonds is 9. The number of nitrogens with zero attached hydrogens (tertiary/aromatic N) is 2. The van der Waals surface area contributed by atoms with Gasteiger partial charge in [-0.15, -0.1) is 0 Å². The van der Waals surface area contributed by atoms with Gasteiger partial charge in [-0.1, -0.05) is 30.3 Å². The number of para-hydroxylation sites is 1. The Morgan fingerprint density at radius 2 is 1.93 bits per heavy atom. The minimum atomic E-state index is -0.547. The lowest BCUT2D eigenvalue weighted by atomic mass is 10.2. The number of aryl methyl sites for hydroxylation is 2. The van der Waals surface area contributed by atoms with Crippen molar-refractivity contribution in [1.82, 2.24) is 21.0 Å². The highest BCUT2D eigenvalue weighted by Crippen LogP contribution is 2.13. The Bertz CT molecular complexity index is 935. The number of carbonyl (C=O) groups is 2. The maximum absolute atomic E-state index is 12.1. The molecule has 2 aromatic heterocycles. The van der Waals surface area contributed by atoms with Gasteiger partial charge in [0.1, 0.15) is 18.1 Å². The number of aromatic nitrogens is 2. The third-order valence-electron chi connectivity index (χ3n) is 3.95. The molecule has 0 saturated carbocycles. The molecule has 3 rings (SSSR count). The molecular formula is C20H22N4O5. The third-order valence-corrected chi connectivity index (χ3v) is 3.95. The summed E-state index contributed by atoms with van der Waals surface area (Å²) in [5.41, 5.74) is 4.68. The molecule has 9 heteroatoms. The van der Waals surface area contributed by atoms with Gasteiger partial charge in [0.05, 0.1) is 0 Å². The Kier molecular flexibility index (Phi) is 6.99. The second-order valence-electron chi connectivity index (χ2n) is 6.18. The number of furan rings is 1. The maximum atomic E-state index is 12.1. The summed E-state index contributed by atoms with van der Waals surface area (Å²) < 4.78 is 16.1. The van der Waals surface area contributed by atoms with E-state index < -0.39 is 5.91 Å². The van der Waals surface area contributed by atoms with Crippen molar-refractivity contribution >= 4 is 11.8 Å². The molecule has 9 nitrogen and oxygen atoms in total. The summed E-state index contributed by atoms with van der Waals surface area (Å²) in [5, 5.41) is 3.79. The number of carbonyl (C=O) groups excluding carboxylic acids is 2. The van der Waals surface area contributed by atoms with Crippen LogP contribution in [0.4, 0.5) is 0 Å². The standard InChI is InChI=1S/C20H22N4O5/c1-2-17-21-19(29-24-17)10-6-9-18(25)22-23-20(26)16-12-11-15(28-16)13-27-14-7-4-3-5-8-14/h3-5,7-8,11-12H,2,6,9-10,13H2,1H3,(H,22,25)(H,23,26). The fourth-order valence-corrected chi connectivity index (χ4v) is 2.43. The van der Waals surface area contributed by atoms with Crippen LogP contribution in [0.5, 0.6) is 5.75 Å². The van der Waals surface area contributed by atoms with Gasteiger partial charge in [0, 0.05) is 19.3 Å². The average molecular weight is 398 g/mol. The van der Waals surface area contributed by atoms with E-state index in [9.17, 15) is 9.59 Å². The van der Waals surface area contributed by atoms with E-state index in [1.165, 1.54) is 6.07 Å². The minimum absolute atomic E-state index is 0.0786. The smallest absolute Gasteiger partial charge is 0.305 e. The zero-order valence-corrected chi connectivity index (χ0v) is 16.0. The number of nitrogens with one attached hydrogen (secondary N) is 2. The molecule has 0 aliphatic rings. The van der Waals surface area contributed by atoms with Crippen LogP contribution in [-0.4, -0.2) is 22.0 Å². The number of ether oxygens (including phenoxy) is 1. The summed E-state index contributed by atoms with van der Waals surface area (Å²) in [4.78, 5) is 28.1. The van der Waals surface area contributed by atoms with Crippen LogP contribution in [0.1, 0.15) is 47.8 Å². The van der Waals surface area contributed by atoms with E-state index in [0.29, 0.717) is 42.5 Å². The van der Waals surface area contributed by atoms with Crippen molar-refractivity contribution in [3.05, 3.63) is 65.7 Å². The average Bonchev–Trinajstić information content (AvgIpc) is 3.41. The zero-order valence-electron chi connectivity index (χ0n) is 16.0. The van der Waals surface area contributed by atoms with Crippen molar-refractivity contribution in [3.63, 3.8) is 0 Å². The highest BCUT2D eigenvalue weighted by atomic mass is 16.5. The summed E-state index contributed by atoms with van der Waals surface area (Å²) >= 11 is 0. The predicted molar refractivity (Wildman–Crippen MR) is 102 cm³/mol. The lowest BCUT2D eigenvalue weighted by Gasteiger charge is -2.05. The Labute approximate surface area is 167 Å². The first-order valence-corrected chi connectivity index (χ1v) is 9.31. The topological polar surface area (TPSA) is 119 Å². The normalized spacial score (nSPS) is 10.5. The molecule has 2 heterocycles. The summed E-state index contributed by atoms with van der Waals surface area (Å²) in [6, 6.07) is 12.4. The van der Waals surface area contributed by atoms with Gasteiger partial charge >= 0.3 is 5.91 Å². The number of amides is 2. The van der Waals surface area contributed by atoms with Crippen LogP contribution >= 0.6 is 0 Å². The van der Waals surface area contributed by atoms with Crippen LogP contribution in [0, 0.1) is 0 Å². The van der Waals surface area contributed by atoms with Crippen molar-refractivity contribution in [1.29, 1.82) is 0 Å². The molecule has 0 spiro atoms. The molecule has 0 atom stereocenters. The Hall–Kier alpha value is -3.62. The van der Waals surface area contributed by atoms with Crippen LogP contribution in [0.2, 0.25) is 0 Å². The van der Waals surface area contributed by atoms with Crippen LogP contribution in [0.15, 0.2) is 51.4 Å². The van der Waals surface area contributed by atoms with Crippen molar-refractivity contribution in [2.24, 2.45) is 0 Å². The fourth-order valence-electron chi connectivity index (χ4n) is 2.43. The first-order valence-electron chi connectivity index (χ1n) is 9.31. The van der Waals surface area contributed by atoms with Gasteiger partial charge in [-0.25, -0.2) is 0 Å². The van der Waals surface area contributed by atoms with E-state index >= 15 is 0 Å². The second-order valence-corrected chi connectivity index (χ2v) is 6.18. The molecule has 1 aromatic carbocycles. The van der Waals surface area contributed by atoms with Crippen LogP contribution < -0.4 is 15.6 Å². The molecule has 2 amide bonds. The van der Waals surface area contributed by atoms with Crippen molar-refractivity contribution in [3.8, 4) is 5.75 Å². The summed E-state index contributed by atoms with van der Waals surface area (Å²) in [7, 11) is 0. The molecule has 29 heavy (non-hydrogen) atoms. The summed E-state index contributed by atoms with van der Waals surface area (Å²) in [5.74, 6) is 1.55. The molecule has 3 aromatic rings. The number of benzene rings is 1. The minimum Gasteiger partial charge on any atom is -0.486 e. The molecule has 2 N–H and O–H groups in total. The van der Waals surface area contributed by atoms with E-state index in [0.717, 1.165) is 0 Å². The maximum Gasteiger partial charge on any atom is 0.305 e. The molecule has 152 valence electrons. The number of hydrogen-bond acceptors (Lipinski definition) is 7. The molecule has 0 aliphatic heterocycles. The third kappa shape index (κ3) is 6.20. The number of hydrazine groups is 1. The van der Waals surface area contributed by atoms with Gasteiger partial charge < -0.3 is 13.7 Å². The Morgan fingerprint density at radius 1 is 1.10 bits per heavy atom. The van der Waals surface area contributed by atoms with Gasteiger partial charge in [0.15, 0.2) is 11.6 Å². The van der Waals surface area contributed by atoms with Crippen molar-refractivity contribution < 1.29 is 23.3 Å². The molecule has 0 aliphatic carbocycles. The molecule has 0 fully saturated rings. The molecule has 0 unspecified atom stereocenters. The highest BCUT2D eigenvalue weighted by molar-refractivity contribution is 5.92. The van der Waals surface area contributed by atoms with Gasteiger partial charge in [0.25, 0.3) is 0 Å². The molecular weight excluding hydrogens is 376 g/mol. The van der Waals surface area contributed by atoms with Crippen molar-refractivity contribution in [2.45, 2.75) is 39.2 Å². The van der Waals surface area contributed by atoms with E-state index in [4.69, 9.17) is 13.7 Å². The predicted octanol–water partition coefficient (Wildman–Crippen LogP) is 2.59. The van der Waals surface area contributed by atoms with E-state index in [1.807, 2.05) is 37.3 Å². The molecule has 0 bridgehead atoms. The summed E-state index contributed by atoms with van der Waals surface area (Å²) in [6.45, 7) is 2.13. The van der Waals surface area contributed by atoms with Crippen LogP contribution in [-0.2, 0) is 24.2 Å². The monoisotopic (exact) mass is 398 g/mol. The van der Waals surface area contributed by atoms with Crippen LogP contribution in [0.3, 0.4) is 0 Å². The molecule has 0 saturated heterocycles. The first kappa shape index (κ1) is 20.1. The van der Waals surface area contributed by atoms with Gasteiger partial charge in [-0.3, -0.25) is 20.4 Å². The number of hydrogen-bond donors (Lipinski definition) is 2.